The summed E-state index contributed by atoms with van der Waals surface area (Å²) in [5.74, 6) is 6.31. The minimum absolute atomic E-state index is 0.317. The molecule has 0 aliphatic carbocycles. The fourth-order valence-corrected chi connectivity index (χ4v) is 1.14. The number of aldehydes is 1. The lowest BCUT2D eigenvalue weighted by atomic mass is 10.2. The van der Waals surface area contributed by atoms with Gasteiger partial charge in [0, 0.05) is 39.2 Å². The third-order valence-corrected chi connectivity index (χ3v) is 2.32. The lowest BCUT2D eigenvalue weighted by Gasteiger charge is -2.18. The van der Waals surface area contributed by atoms with Crippen molar-refractivity contribution in [1.29, 1.82) is 0 Å². The molecule has 19 heavy (non-hydrogen) atoms. The molecule has 0 rings (SSSR count). The number of guanidine groups is 1. The van der Waals surface area contributed by atoms with Crippen LogP contribution < -0.4 is 16.6 Å². The van der Waals surface area contributed by atoms with Crippen LogP contribution in [0.25, 0.3) is 0 Å². The molecule has 4 N–H and O–H groups in total. The van der Waals surface area contributed by atoms with Gasteiger partial charge in [0.25, 0.3) is 0 Å². The zero-order chi connectivity index (χ0) is 14.7. The van der Waals surface area contributed by atoms with E-state index in [1.54, 1.807) is 7.05 Å². The number of nitrogens with one attached hydrogen (secondary N) is 2. The van der Waals surface area contributed by atoms with Crippen molar-refractivity contribution in [3.8, 4) is 0 Å². The Bertz CT molecular complexity index is 352. The average Bonchev–Trinajstić information content (AvgIpc) is 2.44. The molecule has 0 bridgehead atoms. The summed E-state index contributed by atoms with van der Waals surface area (Å²) in [5.41, 5.74) is 2.83. The summed E-state index contributed by atoms with van der Waals surface area (Å²) < 4.78 is 0. The van der Waals surface area contributed by atoms with Crippen molar-refractivity contribution >= 4 is 12.2 Å². The van der Waals surface area contributed by atoms with Gasteiger partial charge in [-0.05, 0) is 18.2 Å². The quantitative estimate of drug-likeness (QED) is 0.0835. The van der Waals surface area contributed by atoms with Crippen molar-refractivity contribution in [2.45, 2.75) is 13.3 Å². The molecule has 0 aromatic carbocycles. The van der Waals surface area contributed by atoms with Gasteiger partial charge in [-0.25, -0.2) is 0 Å². The Labute approximate surface area is 114 Å². The molecule has 0 saturated heterocycles. The fourth-order valence-electron chi connectivity index (χ4n) is 1.14. The normalized spacial score (nSPS) is 12.0. The van der Waals surface area contributed by atoms with Crippen LogP contribution in [0.5, 0.6) is 0 Å². The van der Waals surface area contributed by atoms with Crippen LogP contribution >= 0.6 is 0 Å². The number of hydrogen-bond acceptors (Lipinski definition) is 5. The summed E-state index contributed by atoms with van der Waals surface area (Å²) in [7, 11) is 3.64. The molecule has 0 heterocycles. The van der Waals surface area contributed by atoms with Gasteiger partial charge in [0.1, 0.15) is 12.0 Å². The number of nitrogens with zero attached hydrogens (tertiary/aromatic N) is 2. The van der Waals surface area contributed by atoms with Crippen molar-refractivity contribution < 1.29 is 9.63 Å². The van der Waals surface area contributed by atoms with E-state index < -0.39 is 0 Å². The molecule has 0 aromatic rings. The van der Waals surface area contributed by atoms with E-state index >= 15 is 0 Å². The van der Waals surface area contributed by atoms with Gasteiger partial charge in [-0.2, -0.15) is 0 Å². The Hall–Kier alpha value is -1.86. The van der Waals surface area contributed by atoms with Crippen LogP contribution in [-0.2, 0) is 9.63 Å². The third kappa shape index (κ3) is 7.22. The number of nitrogens with two attached hydrogens (primary N) is 1. The highest BCUT2D eigenvalue weighted by Crippen LogP contribution is 2.07. The van der Waals surface area contributed by atoms with E-state index in [0.29, 0.717) is 36.5 Å². The summed E-state index contributed by atoms with van der Waals surface area (Å²) in [6, 6.07) is 0. The van der Waals surface area contributed by atoms with Gasteiger partial charge in [-0.3, -0.25) is 16.1 Å². The van der Waals surface area contributed by atoms with E-state index in [9.17, 15) is 4.79 Å². The molecule has 108 valence electrons. The first-order chi connectivity index (χ1) is 9.08. The van der Waals surface area contributed by atoms with Crippen molar-refractivity contribution in [2.75, 3.05) is 27.2 Å². The lowest BCUT2D eigenvalue weighted by molar-refractivity contribution is -0.104. The molecule has 0 spiro atoms. The van der Waals surface area contributed by atoms with E-state index in [2.05, 4.69) is 22.5 Å². The van der Waals surface area contributed by atoms with Crippen molar-refractivity contribution in [2.24, 2.45) is 11.0 Å². The van der Waals surface area contributed by atoms with Crippen LogP contribution in [-0.4, -0.2) is 44.3 Å². The maximum absolute atomic E-state index is 10.6. The fraction of sp³-hybridized carbons (Fsp3) is 0.500. The molecule has 0 fully saturated rings. The molecule has 7 heteroatoms. The summed E-state index contributed by atoms with van der Waals surface area (Å²) >= 11 is 0. The van der Waals surface area contributed by atoms with Gasteiger partial charge < -0.3 is 15.1 Å². The topological polar surface area (TPSA) is 92.0 Å². The Kier molecular flexibility index (Phi) is 9.11. The molecule has 0 unspecified atom stereocenters. The molecule has 0 saturated carbocycles. The second kappa shape index (κ2) is 10.1. The molecule has 7 nitrogen and oxygen atoms in total. The maximum atomic E-state index is 10.6. The average molecular weight is 269 g/mol. The summed E-state index contributed by atoms with van der Waals surface area (Å²) in [4.78, 5) is 17.8. The second-order valence-electron chi connectivity index (χ2n) is 3.78. The van der Waals surface area contributed by atoms with Crippen LogP contribution in [0.15, 0.2) is 29.1 Å². The van der Waals surface area contributed by atoms with Gasteiger partial charge in [-0.1, -0.05) is 6.58 Å². The summed E-state index contributed by atoms with van der Waals surface area (Å²) in [5, 5.41) is 6.91. The molecular formula is C12H23N5O2. The standard InChI is InChI=1S/C12H23N5O2/c1-5-17(4)12(14-3)16-19-11(6-7-15-13)8-10(2)9-18/h8-9,15H,2,5-7,13H2,1,3-4H3,(H,14,16)/b11-8+. The zero-order valence-corrected chi connectivity index (χ0v) is 11.8. The van der Waals surface area contributed by atoms with Crippen LogP contribution in [0.2, 0.25) is 0 Å². The number of hydrogen-bond donors (Lipinski definition) is 3. The highest BCUT2D eigenvalue weighted by molar-refractivity contribution is 5.79. The monoisotopic (exact) mass is 269 g/mol. The zero-order valence-electron chi connectivity index (χ0n) is 11.8. The molecule has 0 amide bonds. The minimum atomic E-state index is 0.317. The first-order valence-corrected chi connectivity index (χ1v) is 6.01. The Morgan fingerprint density at radius 3 is 2.74 bits per heavy atom. The Morgan fingerprint density at radius 1 is 1.58 bits per heavy atom. The maximum Gasteiger partial charge on any atom is 0.236 e. The molecule has 0 aliphatic rings. The third-order valence-electron chi connectivity index (χ3n) is 2.32. The number of oxime groups is 1. The van der Waals surface area contributed by atoms with Gasteiger partial charge in [0.05, 0.1) is 0 Å². The molecule has 0 radical (unpaired) electrons. The van der Waals surface area contributed by atoms with Crippen LogP contribution in [0.3, 0.4) is 0 Å². The van der Waals surface area contributed by atoms with Crippen molar-refractivity contribution in [3.63, 3.8) is 0 Å². The Morgan fingerprint density at radius 2 is 2.26 bits per heavy atom. The predicted octanol–water partition coefficient (Wildman–Crippen LogP) is -0.0625. The van der Waals surface area contributed by atoms with Crippen LogP contribution in [0.4, 0.5) is 0 Å². The van der Waals surface area contributed by atoms with Crippen molar-refractivity contribution in [1.82, 2.24) is 15.6 Å². The second-order valence-corrected chi connectivity index (χ2v) is 3.78. The first-order valence-electron chi connectivity index (χ1n) is 6.01. The number of carbonyl (C=O) groups is 1. The van der Waals surface area contributed by atoms with Crippen LogP contribution in [0, 0.1) is 0 Å². The highest BCUT2D eigenvalue weighted by atomic mass is 16.6. The van der Waals surface area contributed by atoms with E-state index in [4.69, 9.17) is 10.7 Å². The summed E-state index contributed by atoms with van der Waals surface area (Å²) in [6.45, 7) is 6.86. The van der Waals surface area contributed by atoms with Gasteiger partial charge in [0.15, 0.2) is 0 Å². The van der Waals surface area contributed by atoms with E-state index in [1.165, 1.54) is 6.08 Å². The van der Waals surface area contributed by atoms with Gasteiger partial charge in [0.2, 0.25) is 5.96 Å². The SMILES string of the molecule is C=C(C=O)/C=C(\CCNN)O/N=C(\NC)N(C)CC. The smallest absolute Gasteiger partial charge is 0.236 e. The number of rotatable bonds is 8. The molecule has 0 aliphatic heterocycles. The minimum Gasteiger partial charge on any atom is -0.358 e. The summed E-state index contributed by atoms with van der Waals surface area (Å²) in [6.07, 6.45) is 2.69. The largest absolute Gasteiger partial charge is 0.358 e. The van der Waals surface area contributed by atoms with E-state index in [0.717, 1.165) is 6.54 Å². The predicted molar refractivity (Wildman–Crippen MR) is 76.0 cm³/mol. The number of carbonyl (C=O) groups excluding carboxylic acids is 1. The molecule has 0 atom stereocenters. The molecule has 0 aromatic heterocycles. The number of allylic oxidation sites excluding steroid dienone is 2. The van der Waals surface area contributed by atoms with Crippen LogP contribution in [0.1, 0.15) is 13.3 Å². The number of hydrazine groups is 1. The lowest BCUT2D eigenvalue weighted by Crippen LogP contribution is -2.36. The van der Waals surface area contributed by atoms with E-state index in [1.807, 2.05) is 18.9 Å². The molecular weight excluding hydrogens is 246 g/mol. The Balaban J connectivity index is 4.80. The van der Waals surface area contributed by atoms with Crippen molar-refractivity contribution in [3.05, 3.63) is 24.0 Å². The van der Waals surface area contributed by atoms with E-state index in [-0.39, 0.29) is 0 Å². The first kappa shape index (κ1) is 17.1. The highest BCUT2D eigenvalue weighted by Gasteiger charge is 2.04. The van der Waals surface area contributed by atoms with Gasteiger partial charge in [-0.15, -0.1) is 0 Å². The van der Waals surface area contributed by atoms with Gasteiger partial charge >= 0.3 is 0 Å².